The van der Waals surface area contributed by atoms with E-state index in [4.69, 9.17) is 4.74 Å². The highest BCUT2D eigenvalue weighted by atomic mass is 19.3. The average Bonchev–Trinajstić information content (AvgIpc) is 3.18. The van der Waals surface area contributed by atoms with Gasteiger partial charge in [0.25, 0.3) is 0 Å². The van der Waals surface area contributed by atoms with E-state index >= 15 is 0 Å². The van der Waals surface area contributed by atoms with Crippen LogP contribution >= 0.6 is 0 Å². The number of benzene rings is 1. The zero-order valence-corrected chi connectivity index (χ0v) is 17.6. The maximum atomic E-state index is 12.8. The molecule has 0 aliphatic carbocycles. The van der Waals surface area contributed by atoms with Gasteiger partial charge >= 0.3 is 6.61 Å². The van der Waals surface area contributed by atoms with Crippen LogP contribution in [-0.2, 0) is 13.0 Å². The Kier molecular flexibility index (Phi) is 8.03. The Morgan fingerprint density at radius 3 is 2.84 bits per heavy atom. The van der Waals surface area contributed by atoms with Crippen molar-refractivity contribution in [2.75, 3.05) is 20.2 Å². The molecule has 7 nitrogen and oxygen atoms in total. The molecule has 0 aliphatic rings. The Morgan fingerprint density at radius 1 is 1.23 bits per heavy atom. The first-order valence-corrected chi connectivity index (χ1v) is 10.2. The van der Waals surface area contributed by atoms with Gasteiger partial charge in [-0.15, -0.1) is 0 Å². The number of nitrogens with zero attached hydrogens (tertiary/aromatic N) is 3. The Bertz CT molecular complexity index is 973. The van der Waals surface area contributed by atoms with E-state index in [1.165, 1.54) is 6.07 Å². The lowest BCUT2D eigenvalue weighted by Gasteiger charge is -2.15. The van der Waals surface area contributed by atoms with Crippen LogP contribution in [0.4, 0.5) is 8.78 Å². The number of alkyl halides is 2. The smallest absolute Gasteiger partial charge is 0.387 e. The third kappa shape index (κ3) is 6.56. The summed E-state index contributed by atoms with van der Waals surface area (Å²) >= 11 is 0. The number of pyridine rings is 1. The fraction of sp³-hybridized carbons (Fsp3) is 0.364. The SMILES string of the molecule is CCCOc1ccc(CNC(=NC)NCCc2cn3ccccc3n2)c(OC(F)F)c1. The van der Waals surface area contributed by atoms with Crippen molar-refractivity contribution in [2.24, 2.45) is 4.99 Å². The first-order valence-electron chi connectivity index (χ1n) is 10.2. The molecule has 2 heterocycles. The highest BCUT2D eigenvalue weighted by Crippen LogP contribution is 2.26. The standard InChI is InChI=1S/C22H27F2N5O2/c1-3-12-30-18-8-7-16(19(13-18)31-21(23)24)14-27-22(25-2)26-10-9-17-15-29-11-5-4-6-20(29)28-17/h4-8,11,13,15,21H,3,9-10,12,14H2,1-2H3,(H2,25,26,27). The van der Waals surface area contributed by atoms with Gasteiger partial charge in [0, 0.05) is 50.6 Å². The number of ether oxygens (including phenoxy) is 2. The van der Waals surface area contributed by atoms with Crippen molar-refractivity contribution in [1.82, 2.24) is 20.0 Å². The molecule has 0 spiro atoms. The highest BCUT2D eigenvalue weighted by Gasteiger charge is 2.12. The molecule has 1 aromatic carbocycles. The van der Waals surface area contributed by atoms with Crippen LogP contribution in [-0.4, -0.2) is 42.2 Å². The van der Waals surface area contributed by atoms with Crippen LogP contribution < -0.4 is 20.1 Å². The van der Waals surface area contributed by atoms with Crippen LogP contribution in [0.2, 0.25) is 0 Å². The molecule has 0 atom stereocenters. The number of guanidine groups is 1. The summed E-state index contributed by atoms with van der Waals surface area (Å²) in [6, 6.07) is 10.8. The minimum atomic E-state index is -2.91. The number of hydrogen-bond donors (Lipinski definition) is 2. The molecule has 0 bridgehead atoms. The van der Waals surface area contributed by atoms with Crippen molar-refractivity contribution in [3.8, 4) is 11.5 Å². The molecule has 0 aliphatic heterocycles. The molecular formula is C22H27F2N5O2. The van der Waals surface area contributed by atoms with Gasteiger partial charge in [-0.3, -0.25) is 4.99 Å². The molecule has 2 N–H and O–H groups in total. The van der Waals surface area contributed by atoms with Gasteiger partial charge in [-0.25, -0.2) is 4.98 Å². The summed E-state index contributed by atoms with van der Waals surface area (Å²) in [6.07, 6.45) is 5.48. The second-order valence-electron chi connectivity index (χ2n) is 6.80. The van der Waals surface area contributed by atoms with E-state index in [0.717, 1.165) is 17.8 Å². The summed E-state index contributed by atoms with van der Waals surface area (Å²) in [5.74, 6) is 1.13. The monoisotopic (exact) mass is 431 g/mol. The lowest BCUT2D eigenvalue weighted by molar-refractivity contribution is -0.0505. The van der Waals surface area contributed by atoms with Crippen LogP contribution in [0.5, 0.6) is 11.5 Å². The van der Waals surface area contributed by atoms with Crippen LogP contribution in [0.15, 0.2) is 53.8 Å². The van der Waals surface area contributed by atoms with Gasteiger partial charge in [-0.2, -0.15) is 8.78 Å². The lowest BCUT2D eigenvalue weighted by Crippen LogP contribution is -2.38. The van der Waals surface area contributed by atoms with Crippen molar-refractivity contribution in [3.05, 3.63) is 60.0 Å². The van der Waals surface area contributed by atoms with E-state index < -0.39 is 6.61 Å². The third-order valence-corrected chi connectivity index (χ3v) is 4.48. The van der Waals surface area contributed by atoms with Gasteiger partial charge in [0.2, 0.25) is 0 Å². The Labute approximate surface area is 180 Å². The van der Waals surface area contributed by atoms with Gasteiger partial charge < -0.3 is 24.5 Å². The number of fused-ring (bicyclic) bond motifs is 1. The fourth-order valence-electron chi connectivity index (χ4n) is 3.01. The zero-order valence-electron chi connectivity index (χ0n) is 17.6. The lowest BCUT2D eigenvalue weighted by atomic mass is 10.2. The van der Waals surface area contributed by atoms with Crippen LogP contribution in [0.3, 0.4) is 0 Å². The molecule has 31 heavy (non-hydrogen) atoms. The second kappa shape index (κ2) is 11.1. The van der Waals surface area contributed by atoms with Gasteiger partial charge in [0.15, 0.2) is 5.96 Å². The molecule has 0 unspecified atom stereocenters. The minimum absolute atomic E-state index is 0.0799. The molecule has 3 aromatic rings. The van der Waals surface area contributed by atoms with Gasteiger partial charge in [0.1, 0.15) is 17.1 Å². The molecule has 0 saturated heterocycles. The van der Waals surface area contributed by atoms with Crippen molar-refractivity contribution in [3.63, 3.8) is 0 Å². The minimum Gasteiger partial charge on any atom is -0.493 e. The predicted octanol–water partition coefficient (Wildman–Crippen LogP) is 3.63. The van der Waals surface area contributed by atoms with Gasteiger partial charge in [-0.1, -0.05) is 13.0 Å². The molecule has 0 amide bonds. The van der Waals surface area contributed by atoms with Gasteiger partial charge in [-0.05, 0) is 30.7 Å². The third-order valence-electron chi connectivity index (χ3n) is 4.48. The van der Waals surface area contributed by atoms with Crippen LogP contribution in [0.1, 0.15) is 24.6 Å². The highest BCUT2D eigenvalue weighted by molar-refractivity contribution is 5.79. The zero-order chi connectivity index (χ0) is 22.1. The van der Waals surface area contributed by atoms with E-state index in [-0.39, 0.29) is 12.3 Å². The number of aromatic nitrogens is 2. The first-order chi connectivity index (χ1) is 15.1. The Balaban J connectivity index is 1.55. The quantitative estimate of drug-likeness (QED) is 0.379. The summed E-state index contributed by atoms with van der Waals surface area (Å²) in [7, 11) is 1.65. The molecule has 0 radical (unpaired) electrons. The number of nitrogens with one attached hydrogen (secondary N) is 2. The predicted molar refractivity (Wildman–Crippen MR) is 116 cm³/mol. The van der Waals surface area contributed by atoms with E-state index in [1.54, 1.807) is 19.2 Å². The topological polar surface area (TPSA) is 72.2 Å². The summed E-state index contributed by atoms with van der Waals surface area (Å²) < 4.78 is 37.8. The number of imidazole rings is 1. The summed E-state index contributed by atoms with van der Waals surface area (Å²) in [5.41, 5.74) is 2.44. The van der Waals surface area contributed by atoms with E-state index in [2.05, 4.69) is 25.3 Å². The Morgan fingerprint density at radius 2 is 2.10 bits per heavy atom. The van der Waals surface area contributed by atoms with Crippen molar-refractivity contribution >= 4 is 11.6 Å². The Hall–Kier alpha value is -3.36. The normalized spacial score (nSPS) is 11.7. The van der Waals surface area contributed by atoms with Crippen LogP contribution in [0.25, 0.3) is 5.65 Å². The average molecular weight is 431 g/mol. The largest absolute Gasteiger partial charge is 0.493 e. The number of aliphatic imine (C=N–C) groups is 1. The van der Waals surface area contributed by atoms with E-state index in [1.807, 2.05) is 41.9 Å². The van der Waals surface area contributed by atoms with Crippen LogP contribution in [0, 0.1) is 0 Å². The van der Waals surface area contributed by atoms with Crippen molar-refractivity contribution in [1.29, 1.82) is 0 Å². The molecule has 9 heteroatoms. The van der Waals surface area contributed by atoms with Gasteiger partial charge in [0.05, 0.1) is 12.3 Å². The van der Waals surface area contributed by atoms with Crippen molar-refractivity contribution in [2.45, 2.75) is 32.9 Å². The molecule has 0 saturated carbocycles. The molecule has 0 fully saturated rings. The van der Waals surface area contributed by atoms with E-state index in [0.29, 0.717) is 36.8 Å². The number of hydrogen-bond acceptors (Lipinski definition) is 4. The molecule has 166 valence electrons. The maximum Gasteiger partial charge on any atom is 0.387 e. The number of rotatable bonds is 10. The summed E-state index contributed by atoms with van der Waals surface area (Å²) in [4.78, 5) is 8.74. The second-order valence-corrected chi connectivity index (χ2v) is 6.80. The molecular weight excluding hydrogens is 404 g/mol. The van der Waals surface area contributed by atoms with Crippen molar-refractivity contribution < 1.29 is 18.3 Å². The molecule has 2 aromatic heterocycles. The molecule has 3 rings (SSSR count). The fourth-order valence-corrected chi connectivity index (χ4v) is 3.01. The van der Waals surface area contributed by atoms with E-state index in [9.17, 15) is 8.78 Å². The first kappa shape index (κ1) is 22.3. The maximum absolute atomic E-state index is 12.8. The summed E-state index contributed by atoms with van der Waals surface area (Å²) in [6.45, 7) is 0.456. The summed E-state index contributed by atoms with van der Waals surface area (Å²) in [5, 5.41) is 6.33. The number of halogens is 2.